The standard InChI is InChI=1S/C37H30N2O3.C7H10/c1-26-12-14-28(15-13-26)24-36(41)39-34-22-21-32(25-33(34)37(42)31-10-6-3-7-11-31)38-35(40)23-18-27-16-19-30(20-17-27)29-8-4-2-5-9-29;1-3-5-7-6-4-2/h2-23,25H,24H2,1H3,(H,38,40)(H,39,41);3-7H,1H2,2H3/b23-18+;6-4-,7-5-. The van der Waals surface area contributed by atoms with Gasteiger partial charge in [0.15, 0.2) is 5.78 Å². The number of ketones is 1. The van der Waals surface area contributed by atoms with Crippen molar-refractivity contribution in [3.8, 4) is 11.1 Å². The molecule has 5 aromatic rings. The Balaban J connectivity index is 0.000000698. The third-order valence-corrected chi connectivity index (χ3v) is 7.32. The number of allylic oxidation sites excluding steroid dienone is 5. The Bertz CT molecular complexity index is 1940. The summed E-state index contributed by atoms with van der Waals surface area (Å²) >= 11 is 0. The summed E-state index contributed by atoms with van der Waals surface area (Å²) in [5, 5.41) is 5.71. The van der Waals surface area contributed by atoms with E-state index in [4.69, 9.17) is 0 Å². The smallest absolute Gasteiger partial charge is 0.248 e. The van der Waals surface area contributed by atoms with Gasteiger partial charge in [-0.25, -0.2) is 0 Å². The van der Waals surface area contributed by atoms with Crippen molar-refractivity contribution in [2.45, 2.75) is 20.3 Å². The van der Waals surface area contributed by atoms with Crippen molar-refractivity contribution >= 4 is 35.0 Å². The van der Waals surface area contributed by atoms with Gasteiger partial charge in [-0.1, -0.05) is 152 Å². The Morgan fingerprint density at radius 3 is 2.00 bits per heavy atom. The van der Waals surface area contributed by atoms with Gasteiger partial charge in [0.1, 0.15) is 0 Å². The number of aryl methyl sites for hydroxylation is 1. The summed E-state index contributed by atoms with van der Waals surface area (Å²) in [7, 11) is 0. The molecule has 0 aliphatic carbocycles. The number of amides is 2. The Morgan fingerprint density at radius 2 is 1.35 bits per heavy atom. The van der Waals surface area contributed by atoms with Crippen molar-refractivity contribution < 1.29 is 14.4 Å². The maximum atomic E-state index is 13.4. The van der Waals surface area contributed by atoms with Crippen LogP contribution in [0, 0.1) is 6.92 Å². The van der Waals surface area contributed by atoms with Crippen LogP contribution in [-0.2, 0) is 16.0 Å². The van der Waals surface area contributed by atoms with Crippen LogP contribution in [0.2, 0.25) is 0 Å². The lowest BCUT2D eigenvalue weighted by atomic mass is 10.0. The zero-order valence-corrected chi connectivity index (χ0v) is 27.8. The predicted octanol–water partition coefficient (Wildman–Crippen LogP) is 10.0. The van der Waals surface area contributed by atoms with Crippen molar-refractivity contribution in [1.82, 2.24) is 0 Å². The molecule has 5 aromatic carbocycles. The number of hydrogen-bond donors (Lipinski definition) is 2. The average molecular weight is 645 g/mol. The molecule has 5 rings (SSSR count). The Kier molecular flexibility index (Phi) is 13.6. The van der Waals surface area contributed by atoms with E-state index in [0.29, 0.717) is 16.9 Å². The summed E-state index contributed by atoms with van der Waals surface area (Å²) in [5.74, 6) is -0.832. The maximum Gasteiger partial charge on any atom is 0.248 e. The van der Waals surface area contributed by atoms with E-state index in [1.165, 1.54) is 6.08 Å². The zero-order chi connectivity index (χ0) is 34.8. The van der Waals surface area contributed by atoms with Gasteiger partial charge >= 0.3 is 0 Å². The molecule has 49 heavy (non-hydrogen) atoms. The van der Waals surface area contributed by atoms with Gasteiger partial charge in [0.2, 0.25) is 11.8 Å². The third kappa shape index (κ3) is 11.5. The van der Waals surface area contributed by atoms with Crippen LogP contribution in [0.4, 0.5) is 11.4 Å². The van der Waals surface area contributed by atoms with Crippen molar-refractivity contribution in [1.29, 1.82) is 0 Å². The lowest BCUT2D eigenvalue weighted by molar-refractivity contribution is -0.115. The molecule has 244 valence electrons. The highest BCUT2D eigenvalue weighted by Crippen LogP contribution is 2.25. The molecule has 0 heterocycles. The van der Waals surface area contributed by atoms with Gasteiger partial charge in [0.05, 0.1) is 12.1 Å². The van der Waals surface area contributed by atoms with Gasteiger partial charge in [-0.3, -0.25) is 14.4 Å². The van der Waals surface area contributed by atoms with Gasteiger partial charge < -0.3 is 10.6 Å². The van der Waals surface area contributed by atoms with Crippen LogP contribution in [0.1, 0.15) is 39.5 Å². The second kappa shape index (κ2) is 18.7. The molecule has 0 aliphatic heterocycles. The first-order chi connectivity index (χ1) is 23.9. The molecule has 0 fully saturated rings. The Labute approximate surface area is 289 Å². The van der Waals surface area contributed by atoms with E-state index in [0.717, 1.165) is 27.8 Å². The fraction of sp³-hybridized carbons (Fsp3) is 0.0682. The van der Waals surface area contributed by atoms with E-state index in [-0.39, 0.29) is 29.6 Å². The van der Waals surface area contributed by atoms with Crippen LogP contribution in [0.5, 0.6) is 0 Å². The minimum Gasteiger partial charge on any atom is -0.325 e. The molecule has 5 nitrogen and oxygen atoms in total. The topological polar surface area (TPSA) is 75.3 Å². The summed E-state index contributed by atoms with van der Waals surface area (Å²) in [4.78, 5) is 39.1. The molecule has 2 N–H and O–H groups in total. The molecular formula is C44H40N2O3. The van der Waals surface area contributed by atoms with Crippen LogP contribution in [-0.4, -0.2) is 17.6 Å². The number of rotatable bonds is 11. The summed E-state index contributed by atoms with van der Waals surface area (Å²) in [5.41, 5.74) is 6.69. The highest BCUT2D eigenvalue weighted by molar-refractivity contribution is 6.15. The quantitative estimate of drug-likeness (QED) is 0.0854. The molecule has 0 spiro atoms. The van der Waals surface area contributed by atoms with E-state index in [2.05, 4.69) is 29.3 Å². The van der Waals surface area contributed by atoms with Gasteiger partial charge in [-0.15, -0.1) is 0 Å². The summed E-state index contributed by atoms with van der Waals surface area (Å²) in [6.45, 7) is 7.48. The fourth-order valence-corrected chi connectivity index (χ4v) is 4.78. The van der Waals surface area contributed by atoms with Crippen molar-refractivity contribution in [3.63, 3.8) is 0 Å². The Hall–Kier alpha value is -6.33. The van der Waals surface area contributed by atoms with E-state index in [9.17, 15) is 14.4 Å². The Morgan fingerprint density at radius 1 is 0.694 bits per heavy atom. The number of hydrogen-bond acceptors (Lipinski definition) is 3. The third-order valence-electron chi connectivity index (χ3n) is 7.32. The van der Waals surface area contributed by atoms with Crippen LogP contribution in [0.15, 0.2) is 170 Å². The number of carbonyl (C=O) groups is 3. The van der Waals surface area contributed by atoms with Crippen molar-refractivity contribution in [2.75, 3.05) is 10.6 Å². The normalized spacial score (nSPS) is 10.8. The van der Waals surface area contributed by atoms with Crippen molar-refractivity contribution in [3.05, 3.63) is 198 Å². The van der Waals surface area contributed by atoms with Crippen LogP contribution < -0.4 is 10.6 Å². The van der Waals surface area contributed by atoms with Gasteiger partial charge in [0, 0.05) is 22.9 Å². The van der Waals surface area contributed by atoms with E-state index >= 15 is 0 Å². The highest BCUT2D eigenvalue weighted by atomic mass is 16.2. The summed E-state index contributed by atoms with van der Waals surface area (Å²) in [6, 6.07) is 39.5. The summed E-state index contributed by atoms with van der Waals surface area (Å²) in [6.07, 6.45) is 12.9. The monoisotopic (exact) mass is 644 g/mol. The van der Waals surface area contributed by atoms with Gasteiger partial charge in [-0.2, -0.15) is 0 Å². The molecule has 0 radical (unpaired) electrons. The molecular weight excluding hydrogens is 604 g/mol. The van der Waals surface area contributed by atoms with E-state index in [1.54, 1.807) is 54.6 Å². The SMILES string of the molecule is C=C/C=C\C=C/C.Cc1ccc(CC(=O)Nc2ccc(NC(=O)/C=C/c3ccc(-c4ccccc4)cc3)cc2C(=O)c2ccccc2)cc1. The van der Waals surface area contributed by atoms with Crippen molar-refractivity contribution in [2.24, 2.45) is 0 Å². The molecule has 0 atom stereocenters. The minimum atomic E-state index is -0.337. The first-order valence-electron chi connectivity index (χ1n) is 16.0. The molecule has 0 bridgehead atoms. The maximum absolute atomic E-state index is 13.4. The molecule has 0 saturated heterocycles. The molecule has 0 unspecified atom stereocenters. The number of anilines is 2. The van der Waals surface area contributed by atoms with Gasteiger partial charge in [0.25, 0.3) is 0 Å². The van der Waals surface area contributed by atoms with Crippen LogP contribution in [0.25, 0.3) is 17.2 Å². The highest BCUT2D eigenvalue weighted by Gasteiger charge is 2.17. The molecule has 0 aromatic heterocycles. The molecule has 0 aliphatic rings. The zero-order valence-electron chi connectivity index (χ0n) is 27.8. The lowest BCUT2D eigenvalue weighted by Crippen LogP contribution is -2.18. The number of benzene rings is 5. The second-order valence-electron chi connectivity index (χ2n) is 11.1. The van der Waals surface area contributed by atoms with Crippen LogP contribution >= 0.6 is 0 Å². The predicted molar refractivity (Wildman–Crippen MR) is 204 cm³/mol. The number of carbonyl (C=O) groups excluding carboxylic acids is 3. The molecule has 5 heteroatoms. The summed E-state index contributed by atoms with van der Waals surface area (Å²) < 4.78 is 0. The van der Waals surface area contributed by atoms with E-state index in [1.807, 2.05) is 111 Å². The number of nitrogens with one attached hydrogen (secondary N) is 2. The average Bonchev–Trinajstić information content (AvgIpc) is 3.13. The first kappa shape index (κ1) is 35.5. The fourth-order valence-electron chi connectivity index (χ4n) is 4.78. The second-order valence-corrected chi connectivity index (χ2v) is 11.1. The first-order valence-corrected chi connectivity index (χ1v) is 16.0. The van der Waals surface area contributed by atoms with Gasteiger partial charge in [-0.05, 0) is 60.4 Å². The van der Waals surface area contributed by atoms with E-state index < -0.39 is 0 Å². The lowest BCUT2D eigenvalue weighted by Gasteiger charge is -2.13. The molecule has 0 saturated carbocycles. The minimum absolute atomic E-state index is 0.175. The largest absolute Gasteiger partial charge is 0.325 e. The van der Waals surface area contributed by atoms with Crippen LogP contribution in [0.3, 0.4) is 0 Å². The molecule has 2 amide bonds.